The fourth-order valence-corrected chi connectivity index (χ4v) is 1.09. The van der Waals surface area contributed by atoms with Crippen molar-refractivity contribution in [1.82, 2.24) is 20.6 Å². The molecule has 0 bridgehead atoms. The molecule has 1 heterocycles. The fraction of sp³-hybridized carbons (Fsp3) is 0.750. The third kappa shape index (κ3) is 2.83. The third-order valence-corrected chi connectivity index (χ3v) is 1.92. The predicted octanol–water partition coefficient (Wildman–Crippen LogP) is -1.36. The van der Waals surface area contributed by atoms with Crippen molar-refractivity contribution in [1.29, 1.82) is 0 Å². The Morgan fingerprint density at radius 1 is 1.64 bits per heavy atom. The van der Waals surface area contributed by atoms with E-state index in [1.807, 2.05) is 0 Å². The van der Waals surface area contributed by atoms with E-state index >= 15 is 0 Å². The number of nitrogens with zero attached hydrogens (tertiary/aromatic N) is 3. The molecule has 1 unspecified atom stereocenters. The Hall–Kier alpha value is -0.660. The number of hydrogen-bond acceptors (Lipinski definition) is 6. The van der Waals surface area contributed by atoms with Crippen LogP contribution in [0.2, 0.25) is 0 Å². The molecule has 0 aliphatic rings. The number of aromatic nitrogens is 4. The minimum Gasteiger partial charge on any atom is -0.394 e. The van der Waals surface area contributed by atoms with Crippen LogP contribution in [0.3, 0.4) is 0 Å². The predicted molar refractivity (Wildman–Crippen MR) is 38.0 cm³/mol. The molecule has 1 aromatic heterocycles. The molecule has 7 heteroatoms. The van der Waals surface area contributed by atoms with Crippen molar-refractivity contribution < 1.29 is 10.2 Å². The first kappa shape index (κ1) is 8.44. The maximum absolute atomic E-state index is 8.90. The van der Waals surface area contributed by atoms with E-state index in [-0.39, 0.29) is 6.61 Å². The molecule has 1 aromatic rings. The van der Waals surface area contributed by atoms with E-state index in [0.717, 1.165) is 0 Å². The lowest BCUT2D eigenvalue weighted by Crippen LogP contribution is -2.14. The van der Waals surface area contributed by atoms with Crippen molar-refractivity contribution in [3.05, 3.63) is 0 Å². The van der Waals surface area contributed by atoms with Crippen molar-refractivity contribution in [2.24, 2.45) is 0 Å². The number of thioether (sulfide) groups is 1. The second kappa shape index (κ2) is 4.27. The summed E-state index contributed by atoms with van der Waals surface area (Å²) in [5.41, 5.74) is 0. The van der Waals surface area contributed by atoms with Crippen LogP contribution in [0, 0.1) is 0 Å². The van der Waals surface area contributed by atoms with Crippen LogP contribution >= 0.6 is 11.8 Å². The van der Waals surface area contributed by atoms with Crippen LogP contribution in [0.4, 0.5) is 0 Å². The Labute approximate surface area is 67.0 Å². The third-order valence-electron chi connectivity index (χ3n) is 0.941. The Bertz CT molecular complexity index is 192. The molecule has 0 amide bonds. The molecule has 11 heavy (non-hydrogen) atoms. The summed E-state index contributed by atoms with van der Waals surface area (Å²) in [6, 6.07) is 0. The lowest BCUT2D eigenvalue weighted by molar-refractivity contribution is 0.113. The molecular weight excluding hydrogens is 168 g/mol. The summed E-state index contributed by atoms with van der Waals surface area (Å²) < 4.78 is 0. The minimum absolute atomic E-state index is 0.245. The average Bonchev–Trinajstić information content (AvgIpc) is 2.52. The zero-order valence-electron chi connectivity index (χ0n) is 5.64. The van der Waals surface area contributed by atoms with Gasteiger partial charge in [-0.05, 0) is 5.21 Å². The van der Waals surface area contributed by atoms with Gasteiger partial charge in [0.2, 0.25) is 5.16 Å². The summed E-state index contributed by atoms with van der Waals surface area (Å²) in [6.07, 6.45) is -0.724. The topological polar surface area (TPSA) is 94.9 Å². The van der Waals surface area contributed by atoms with Crippen LogP contribution in [-0.2, 0) is 0 Å². The van der Waals surface area contributed by atoms with E-state index < -0.39 is 6.10 Å². The van der Waals surface area contributed by atoms with Gasteiger partial charge in [0.25, 0.3) is 0 Å². The van der Waals surface area contributed by atoms with Gasteiger partial charge in [0, 0.05) is 5.75 Å². The molecule has 6 nitrogen and oxygen atoms in total. The van der Waals surface area contributed by atoms with E-state index in [9.17, 15) is 0 Å². The number of H-pyrrole nitrogens is 1. The number of aliphatic hydroxyl groups excluding tert-OH is 2. The van der Waals surface area contributed by atoms with Crippen molar-refractivity contribution >= 4 is 11.8 Å². The zero-order valence-corrected chi connectivity index (χ0v) is 6.45. The summed E-state index contributed by atoms with van der Waals surface area (Å²) in [5.74, 6) is 0.371. The number of rotatable bonds is 4. The van der Waals surface area contributed by atoms with Gasteiger partial charge in [0.15, 0.2) is 0 Å². The molecule has 1 rings (SSSR count). The molecule has 0 spiro atoms. The lowest BCUT2D eigenvalue weighted by atomic mass is 10.4. The molecule has 0 saturated carbocycles. The molecule has 0 aliphatic carbocycles. The second-order valence-corrected chi connectivity index (χ2v) is 2.83. The number of hydrogen-bond donors (Lipinski definition) is 3. The Morgan fingerprint density at radius 3 is 3.00 bits per heavy atom. The highest BCUT2D eigenvalue weighted by Gasteiger charge is 2.04. The summed E-state index contributed by atoms with van der Waals surface area (Å²) in [5, 5.41) is 30.7. The molecule has 0 aliphatic heterocycles. The van der Waals surface area contributed by atoms with Gasteiger partial charge in [-0.3, -0.25) is 0 Å². The van der Waals surface area contributed by atoms with E-state index in [2.05, 4.69) is 20.6 Å². The van der Waals surface area contributed by atoms with Crippen molar-refractivity contribution in [2.75, 3.05) is 12.4 Å². The lowest BCUT2D eigenvalue weighted by Gasteiger charge is -2.01. The monoisotopic (exact) mass is 176 g/mol. The maximum atomic E-state index is 8.90. The molecule has 0 saturated heterocycles. The van der Waals surface area contributed by atoms with Gasteiger partial charge in [0.05, 0.1) is 12.7 Å². The number of aliphatic hydroxyl groups is 2. The van der Waals surface area contributed by atoms with Crippen LogP contribution in [0.1, 0.15) is 0 Å². The Morgan fingerprint density at radius 2 is 2.45 bits per heavy atom. The molecule has 62 valence electrons. The van der Waals surface area contributed by atoms with Crippen LogP contribution in [0.25, 0.3) is 0 Å². The van der Waals surface area contributed by atoms with Crippen LogP contribution < -0.4 is 0 Å². The highest BCUT2D eigenvalue weighted by Crippen LogP contribution is 2.10. The highest BCUT2D eigenvalue weighted by molar-refractivity contribution is 7.99. The van der Waals surface area contributed by atoms with Gasteiger partial charge in [0.1, 0.15) is 0 Å². The van der Waals surface area contributed by atoms with Crippen LogP contribution in [0.5, 0.6) is 0 Å². The first-order valence-electron chi connectivity index (χ1n) is 2.98. The summed E-state index contributed by atoms with van der Waals surface area (Å²) in [4.78, 5) is 0. The van der Waals surface area contributed by atoms with E-state index in [1.165, 1.54) is 11.8 Å². The standard InChI is InChI=1S/C4H8N4O2S/c9-1-3(10)2-11-4-5-7-8-6-4/h3,9-10H,1-2H2,(H,5,6,7,8). The summed E-state index contributed by atoms with van der Waals surface area (Å²) in [7, 11) is 0. The van der Waals surface area contributed by atoms with Gasteiger partial charge < -0.3 is 10.2 Å². The van der Waals surface area contributed by atoms with Gasteiger partial charge in [-0.25, -0.2) is 0 Å². The normalized spacial score (nSPS) is 13.3. The smallest absolute Gasteiger partial charge is 0.231 e. The Kier molecular flexibility index (Phi) is 3.27. The molecule has 3 N–H and O–H groups in total. The minimum atomic E-state index is -0.724. The molecular formula is C4H8N4O2S. The average molecular weight is 176 g/mol. The first-order chi connectivity index (χ1) is 5.33. The van der Waals surface area contributed by atoms with Crippen LogP contribution in [-0.4, -0.2) is 49.3 Å². The van der Waals surface area contributed by atoms with Crippen molar-refractivity contribution in [3.8, 4) is 0 Å². The largest absolute Gasteiger partial charge is 0.394 e. The number of tetrazole rings is 1. The van der Waals surface area contributed by atoms with Gasteiger partial charge >= 0.3 is 0 Å². The maximum Gasteiger partial charge on any atom is 0.231 e. The number of nitrogens with one attached hydrogen (secondary N) is 1. The van der Waals surface area contributed by atoms with E-state index in [0.29, 0.717) is 10.9 Å². The fourth-order valence-electron chi connectivity index (χ4n) is 0.437. The SMILES string of the molecule is OCC(O)CSc1nn[nH]n1. The molecule has 1 atom stereocenters. The number of aromatic amines is 1. The van der Waals surface area contributed by atoms with Crippen molar-refractivity contribution in [3.63, 3.8) is 0 Å². The van der Waals surface area contributed by atoms with E-state index in [1.54, 1.807) is 0 Å². The van der Waals surface area contributed by atoms with E-state index in [4.69, 9.17) is 10.2 Å². The Balaban J connectivity index is 2.23. The molecule has 0 fully saturated rings. The second-order valence-electron chi connectivity index (χ2n) is 1.84. The first-order valence-corrected chi connectivity index (χ1v) is 3.96. The van der Waals surface area contributed by atoms with Gasteiger partial charge in [-0.2, -0.15) is 5.21 Å². The molecule has 0 radical (unpaired) electrons. The quantitative estimate of drug-likeness (QED) is 0.491. The summed E-state index contributed by atoms with van der Waals surface area (Å²) >= 11 is 1.23. The summed E-state index contributed by atoms with van der Waals surface area (Å²) in [6.45, 7) is -0.245. The molecule has 0 aromatic carbocycles. The van der Waals surface area contributed by atoms with Gasteiger partial charge in [-0.15, -0.1) is 10.2 Å². The van der Waals surface area contributed by atoms with Crippen LogP contribution in [0.15, 0.2) is 5.16 Å². The van der Waals surface area contributed by atoms with Crippen molar-refractivity contribution in [2.45, 2.75) is 11.3 Å². The van der Waals surface area contributed by atoms with Gasteiger partial charge in [-0.1, -0.05) is 11.8 Å². The zero-order chi connectivity index (χ0) is 8.10. The highest BCUT2D eigenvalue weighted by atomic mass is 32.2.